The van der Waals surface area contributed by atoms with Gasteiger partial charge >= 0.3 is 0 Å². The molecule has 0 aliphatic carbocycles. The number of ether oxygens (including phenoxy) is 2. The molecule has 4 nitrogen and oxygen atoms in total. The normalized spacial score (nSPS) is 16.1. The van der Waals surface area contributed by atoms with E-state index in [0.717, 1.165) is 35.2 Å². The van der Waals surface area contributed by atoms with E-state index < -0.39 is 6.10 Å². The molecule has 0 amide bonds. The molecule has 3 rings (SSSR count). The zero-order chi connectivity index (χ0) is 15.5. The van der Waals surface area contributed by atoms with Crippen molar-refractivity contribution in [2.24, 2.45) is 0 Å². The number of methoxy groups -OCH3 is 2. The van der Waals surface area contributed by atoms with Gasteiger partial charge in [0.1, 0.15) is 0 Å². The van der Waals surface area contributed by atoms with Gasteiger partial charge in [0.25, 0.3) is 0 Å². The fourth-order valence-electron chi connectivity index (χ4n) is 3.12. The minimum atomic E-state index is -0.449. The number of fused-ring (bicyclic) bond motifs is 1. The summed E-state index contributed by atoms with van der Waals surface area (Å²) in [6.07, 6.45) is 2.03. The Labute approximate surface area is 143 Å². The Kier molecular flexibility index (Phi) is 6.10. The number of aliphatic hydroxyl groups excluding tert-OH is 1. The Bertz CT molecular complexity index is 656. The average Bonchev–Trinajstić information content (AvgIpc) is 3.05. The smallest absolute Gasteiger partial charge is 0.161 e. The average molecular weight is 338 g/mol. The van der Waals surface area contributed by atoms with Gasteiger partial charge in [-0.3, -0.25) is 0 Å². The number of halogens is 1. The molecule has 0 spiro atoms. The first kappa shape index (κ1) is 17.9. The minimum Gasteiger partial charge on any atom is -0.493 e. The second kappa shape index (κ2) is 7.86. The SMILES string of the molecule is COc1cc2ccc(C(O)CN3CCCC3)cc2cc1OC.Cl. The van der Waals surface area contributed by atoms with Gasteiger partial charge in [0.2, 0.25) is 0 Å². The fourth-order valence-corrected chi connectivity index (χ4v) is 3.12. The van der Waals surface area contributed by atoms with Gasteiger partial charge in [0.05, 0.1) is 20.3 Å². The molecular weight excluding hydrogens is 314 g/mol. The zero-order valence-corrected chi connectivity index (χ0v) is 14.4. The summed E-state index contributed by atoms with van der Waals surface area (Å²) in [5.74, 6) is 1.43. The van der Waals surface area contributed by atoms with Crippen LogP contribution < -0.4 is 9.47 Å². The number of hydrogen-bond acceptors (Lipinski definition) is 4. The Morgan fingerprint density at radius 3 is 2.22 bits per heavy atom. The van der Waals surface area contributed by atoms with E-state index >= 15 is 0 Å². The van der Waals surface area contributed by atoms with Gasteiger partial charge in [0, 0.05) is 6.54 Å². The summed E-state index contributed by atoms with van der Waals surface area (Å²) < 4.78 is 10.7. The molecule has 0 saturated carbocycles. The topological polar surface area (TPSA) is 41.9 Å². The lowest BCUT2D eigenvalue weighted by Crippen LogP contribution is -2.25. The number of rotatable bonds is 5. The second-order valence-electron chi connectivity index (χ2n) is 5.84. The van der Waals surface area contributed by atoms with Crippen LogP contribution >= 0.6 is 12.4 Å². The molecule has 1 aliphatic rings. The van der Waals surface area contributed by atoms with Crippen molar-refractivity contribution < 1.29 is 14.6 Å². The van der Waals surface area contributed by atoms with Crippen molar-refractivity contribution in [3.05, 3.63) is 35.9 Å². The molecule has 1 N–H and O–H groups in total. The van der Waals surface area contributed by atoms with Gasteiger partial charge in [-0.1, -0.05) is 12.1 Å². The molecule has 2 aromatic carbocycles. The molecule has 1 atom stereocenters. The molecule has 126 valence electrons. The van der Waals surface area contributed by atoms with Gasteiger partial charge < -0.3 is 19.5 Å². The standard InChI is InChI=1S/C18H23NO3.ClH/c1-21-17-10-13-5-6-14(9-15(13)11-18(17)22-2)16(20)12-19-7-3-4-8-19;/h5-6,9-11,16,20H,3-4,7-8,12H2,1-2H3;1H. The van der Waals surface area contributed by atoms with Gasteiger partial charge in [-0.05, 0) is 60.5 Å². The maximum atomic E-state index is 10.5. The summed E-state index contributed by atoms with van der Waals surface area (Å²) in [4.78, 5) is 2.32. The molecule has 0 aromatic heterocycles. The number of likely N-dealkylation sites (tertiary alicyclic amines) is 1. The van der Waals surface area contributed by atoms with Crippen molar-refractivity contribution in [1.82, 2.24) is 4.90 Å². The lowest BCUT2D eigenvalue weighted by atomic mass is 10.0. The Morgan fingerprint density at radius 1 is 1.00 bits per heavy atom. The van der Waals surface area contributed by atoms with Crippen molar-refractivity contribution >= 4 is 23.2 Å². The summed E-state index contributed by atoms with van der Waals surface area (Å²) >= 11 is 0. The number of hydrogen-bond donors (Lipinski definition) is 1. The third-order valence-electron chi connectivity index (χ3n) is 4.38. The number of β-amino-alcohol motifs (C(OH)–C–C–N with tert-alkyl or cyclic N) is 1. The highest BCUT2D eigenvalue weighted by Crippen LogP contribution is 2.33. The Balaban J connectivity index is 0.00000192. The van der Waals surface area contributed by atoms with E-state index in [0.29, 0.717) is 12.3 Å². The summed E-state index contributed by atoms with van der Waals surface area (Å²) in [5.41, 5.74) is 0.951. The highest BCUT2D eigenvalue weighted by molar-refractivity contribution is 5.86. The molecule has 1 fully saturated rings. The minimum absolute atomic E-state index is 0. The molecule has 1 heterocycles. The van der Waals surface area contributed by atoms with E-state index in [-0.39, 0.29) is 12.4 Å². The monoisotopic (exact) mass is 337 g/mol. The summed E-state index contributed by atoms with van der Waals surface area (Å²) in [7, 11) is 3.27. The maximum Gasteiger partial charge on any atom is 0.161 e. The predicted octanol–water partition coefficient (Wildman–Crippen LogP) is 3.41. The van der Waals surface area contributed by atoms with E-state index in [1.165, 1.54) is 12.8 Å². The predicted molar refractivity (Wildman–Crippen MR) is 94.9 cm³/mol. The van der Waals surface area contributed by atoms with Crippen LogP contribution in [0.5, 0.6) is 11.5 Å². The molecule has 23 heavy (non-hydrogen) atoms. The summed E-state index contributed by atoms with van der Waals surface area (Å²) in [5, 5.41) is 12.6. The molecule has 5 heteroatoms. The fraction of sp³-hybridized carbons (Fsp3) is 0.444. The van der Waals surface area contributed by atoms with Crippen molar-refractivity contribution in [1.29, 1.82) is 0 Å². The van der Waals surface area contributed by atoms with Crippen molar-refractivity contribution in [3.63, 3.8) is 0 Å². The van der Waals surface area contributed by atoms with E-state index in [1.807, 2.05) is 30.3 Å². The third kappa shape index (κ3) is 3.89. The summed E-state index contributed by atoms with van der Waals surface area (Å²) in [6.45, 7) is 2.89. The second-order valence-corrected chi connectivity index (χ2v) is 5.84. The number of aliphatic hydroxyl groups is 1. The highest BCUT2D eigenvalue weighted by atomic mass is 35.5. The molecule has 1 saturated heterocycles. The van der Waals surface area contributed by atoms with Crippen LogP contribution in [0.4, 0.5) is 0 Å². The van der Waals surface area contributed by atoms with Gasteiger partial charge in [-0.2, -0.15) is 0 Å². The number of nitrogens with zero attached hydrogens (tertiary/aromatic N) is 1. The van der Waals surface area contributed by atoms with Crippen molar-refractivity contribution in [2.45, 2.75) is 18.9 Å². The van der Waals surface area contributed by atoms with Crippen LogP contribution in [0.15, 0.2) is 30.3 Å². The van der Waals surface area contributed by atoms with Gasteiger partial charge in [-0.15, -0.1) is 12.4 Å². The first-order valence-electron chi connectivity index (χ1n) is 7.77. The quantitative estimate of drug-likeness (QED) is 0.908. The van der Waals surface area contributed by atoms with Crippen molar-refractivity contribution in [3.8, 4) is 11.5 Å². The van der Waals surface area contributed by atoms with Crippen molar-refractivity contribution in [2.75, 3.05) is 33.9 Å². The van der Waals surface area contributed by atoms with Crippen LogP contribution in [0.1, 0.15) is 24.5 Å². The summed E-state index contributed by atoms with van der Waals surface area (Å²) in [6, 6.07) is 9.98. The first-order chi connectivity index (χ1) is 10.7. The molecule has 1 unspecified atom stereocenters. The van der Waals surface area contributed by atoms with Gasteiger partial charge in [0.15, 0.2) is 11.5 Å². The van der Waals surface area contributed by atoms with E-state index in [9.17, 15) is 5.11 Å². The highest BCUT2D eigenvalue weighted by Gasteiger charge is 2.17. The maximum absolute atomic E-state index is 10.5. The molecule has 0 bridgehead atoms. The molecule has 0 radical (unpaired) electrons. The van der Waals surface area contributed by atoms with Gasteiger partial charge in [-0.25, -0.2) is 0 Å². The molecule has 1 aliphatic heterocycles. The Morgan fingerprint density at radius 2 is 1.61 bits per heavy atom. The van der Waals surface area contributed by atoms with Crippen LogP contribution in [0.2, 0.25) is 0 Å². The number of benzene rings is 2. The lowest BCUT2D eigenvalue weighted by molar-refractivity contribution is 0.126. The van der Waals surface area contributed by atoms with Crippen LogP contribution in [0.3, 0.4) is 0 Å². The molecule has 2 aromatic rings. The van der Waals surface area contributed by atoms with E-state index in [4.69, 9.17) is 9.47 Å². The Hall–Kier alpha value is -1.49. The third-order valence-corrected chi connectivity index (χ3v) is 4.38. The largest absolute Gasteiger partial charge is 0.493 e. The van der Waals surface area contributed by atoms with Crippen LogP contribution in [-0.2, 0) is 0 Å². The van der Waals surface area contributed by atoms with E-state index in [2.05, 4.69) is 4.90 Å². The lowest BCUT2D eigenvalue weighted by Gasteiger charge is -2.20. The molecular formula is C18H24ClNO3. The zero-order valence-electron chi connectivity index (χ0n) is 13.6. The first-order valence-corrected chi connectivity index (χ1v) is 7.77. The van der Waals surface area contributed by atoms with Crippen LogP contribution in [0, 0.1) is 0 Å². The van der Waals surface area contributed by atoms with Crippen LogP contribution in [-0.4, -0.2) is 43.9 Å². The van der Waals surface area contributed by atoms with E-state index in [1.54, 1.807) is 14.2 Å². The van der Waals surface area contributed by atoms with Crippen LogP contribution in [0.25, 0.3) is 10.8 Å².